The zero-order chi connectivity index (χ0) is 21.5. The molecule has 1 unspecified atom stereocenters. The normalized spacial score (nSPS) is 16.4. The van der Waals surface area contributed by atoms with E-state index in [-0.39, 0.29) is 35.9 Å². The van der Waals surface area contributed by atoms with Crippen LogP contribution in [0.4, 0.5) is 8.78 Å². The molecule has 0 radical (unpaired) electrons. The third-order valence-corrected chi connectivity index (χ3v) is 5.29. The maximum absolute atomic E-state index is 13.7. The van der Waals surface area contributed by atoms with Crippen LogP contribution in [0.15, 0.2) is 42.5 Å². The van der Waals surface area contributed by atoms with Gasteiger partial charge < -0.3 is 14.7 Å². The molecule has 30 heavy (non-hydrogen) atoms. The number of benzene rings is 2. The van der Waals surface area contributed by atoms with Gasteiger partial charge in [0.2, 0.25) is 0 Å². The predicted octanol–water partition coefficient (Wildman–Crippen LogP) is 2.77. The second kappa shape index (κ2) is 10.6. The number of ether oxygens (including phenoxy) is 1. The van der Waals surface area contributed by atoms with Crippen molar-refractivity contribution in [3.05, 3.63) is 65.2 Å². The smallest absolute Gasteiger partial charge is 0.167 e. The second-order valence-electron chi connectivity index (χ2n) is 7.76. The molecule has 3 rings (SSSR count). The fourth-order valence-electron chi connectivity index (χ4n) is 3.46. The van der Waals surface area contributed by atoms with Crippen LogP contribution in [0.5, 0.6) is 5.75 Å². The van der Waals surface area contributed by atoms with Crippen molar-refractivity contribution in [2.45, 2.75) is 18.9 Å². The molecule has 1 aliphatic heterocycles. The van der Waals surface area contributed by atoms with E-state index in [9.17, 15) is 18.7 Å². The van der Waals surface area contributed by atoms with Crippen molar-refractivity contribution in [3.8, 4) is 5.75 Å². The number of nitrogens with zero attached hydrogens (tertiary/aromatic N) is 2. The quantitative estimate of drug-likeness (QED) is 0.635. The number of hydrogen-bond donors (Lipinski definition) is 1. The van der Waals surface area contributed by atoms with Crippen LogP contribution in [0.3, 0.4) is 0 Å². The molecule has 0 bridgehead atoms. The maximum atomic E-state index is 13.7. The summed E-state index contributed by atoms with van der Waals surface area (Å²) in [4.78, 5) is 17.1. The molecule has 2 aromatic rings. The van der Waals surface area contributed by atoms with E-state index in [4.69, 9.17) is 4.74 Å². The van der Waals surface area contributed by atoms with Crippen molar-refractivity contribution in [3.63, 3.8) is 0 Å². The van der Waals surface area contributed by atoms with Crippen LogP contribution in [0, 0.1) is 11.6 Å². The summed E-state index contributed by atoms with van der Waals surface area (Å²) in [6.45, 7) is 4.20. The number of aryl methyl sites for hydroxylation is 1. The summed E-state index contributed by atoms with van der Waals surface area (Å²) in [6.07, 6.45) is -0.142. The molecule has 1 heterocycles. The average Bonchev–Trinajstić information content (AvgIpc) is 2.74. The minimum atomic E-state index is -0.708. The number of likely N-dealkylation sites (N-methyl/N-ethyl adjacent to an activating group) is 1. The van der Waals surface area contributed by atoms with E-state index >= 15 is 0 Å². The van der Waals surface area contributed by atoms with Gasteiger partial charge in [-0.2, -0.15) is 0 Å². The second-order valence-corrected chi connectivity index (χ2v) is 7.76. The number of rotatable bonds is 9. The molecule has 162 valence electrons. The van der Waals surface area contributed by atoms with Gasteiger partial charge in [0, 0.05) is 39.1 Å². The van der Waals surface area contributed by atoms with Crippen LogP contribution in [-0.2, 0) is 6.42 Å². The Kier molecular flexibility index (Phi) is 7.90. The lowest BCUT2D eigenvalue weighted by Crippen LogP contribution is -2.47. The van der Waals surface area contributed by atoms with Gasteiger partial charge in [-0.15, -0.1) is 0 Å². The summed E-state index contributed by atoms with van der Waals surface area (Å²) < 4.78 is 32.4. The van der Waals surface area contributed by atoms with E-state index < -0.39 is 11.9 Å². The molecule has 1 fully saturated rings. The monoisotopic (exact) mass is 418 g/mol. The van der Waals surface area contributed by atoms with Gasteiger partial charge >= 0.3 is 0 Å². The topological polar surface area (TPSA) is 53.0 Å². The van der Waals surface area contributed by atoms with Crippen LogP contribution < -0.4 is 4.74 Å². The maximum Gasteiger partial charge on any atom is 0.167 e. The number of carbonyl (C=O) groups excluding carboxylic acids is 1. The number of hydrogen-bond acceptors (Lipinski definition) is 5. The summed E-state index contributed by atoms with van der Waals surface area (Å²) in [6, 6.07) is 9.76. The van der Waals surface area contributed by atoms with Gasteiger partial charge in [0.15, 0.2) is 5.78 Å². The largest absolute Gasteiger partial charge is 0.490 e. The molecule has 1 aliphatic rings. The fraction of sp³-hybridized carbons (Fsp3) is 0.435. The Morgan fingerprint density at radius 2 is 1.73 bits per heavy atom. The Labute approximate surface area is 175 Å². The predicted molar refractivity (Wildman–Crippen MR) is 111 cm³/mol. The Balaban J connectivity index is 1.56. The van der Waals surface area contributed by atoms with Gasteiger partial charge in [0.05, 0.1) is 5.56 Å². The molecule has 2 aromatic carbocycles. The third kappa shape index (κ3) is 6.58. The lowest BCUT2D eigenvalue weighted by atomic mass is 10.0. The summed E-state index contributed by atoms with van der Waals surface area (Å²) in [5.41, 5.74) is 0.982. The Hall–Kier alpha value is -2.35. The molecular formula is C23H28F2N2O3. The number of carbonyl (C=O) groups is 1. The van der Waals surface area contributed by atoms with E-state index in [0.717, 1.165) is 37.8 Å². The van der Waals surface area contributed by atoms with E-state index in [0.29, 0.717) is 13.0 Å². The van der Waals surface area contributed by atoms with Crippen molar-refractivity contribution in [1.29, 1.82) is 0 Å². The summed E-state index contributed by atoms with van der Waals surface area (Å²) in [5, 5.41) is 10.3. The first-order chi connectivity index (χ1) is 14.4. The number of aliphatic hydroxyl groups excluding tert-OH is 1. The molecule has 1 N–H and O–H groups in total. The highest BCUT2D eigenvalue weighted by molar-refractivity contribution is 5.98. The number of aliphatic hydroxyl groups is 1. The van der Waals surface area contributed by atoms with E-state index in [2.05, 4.69) is 16.8 Å². The Morgan fingerprint density at radius 3 is 2.43 bits per heavy atom. The van der Waals surface area contributed by atoms with Crippen molar-refractivity contribution in [2.24, 2.45) is 0 Å². The number of β-amino-alcohol motifs (C(OH)–C–C–N with tert-alkyl or cyclic N) is 1. The van der Waals surface area contributed by atoms with Crippen molar-refractivity contribution < 1.29 is 23.4 Å². The average molecular weight is 418 g/mol. The minimum Gasteiger partial charge on any atom is -0.490 e. The molecule has 1 saturated heterocycles. The standard InChI is InChI=1S/C23H28F2N2O3/c1-26-10-12-27(13-11-26)15-20(28)16-30-23-9-7-19(25)14-21(23)22(29)8-4-17-2-5-18(24)6-3-17/h2-3,5-7,9,14,20,28H,4,8,10-13,15-16H2,1H3. The molecule has 5 nitrogen and oxygen atoms in total. The highest BCUT2D eigenvalue weighted by atomic mass is 19.1. The summed E-state index contributed by atoms with van der Waals surface area (Å²) in [7, 11) is 2.07. The van der Waals surface area contributed by atoms with Crippen molar-refractivity contribution >= 4 is 5.78 Å². The van der Waals surface area contributed by atoms with Gasteiger partial charge in [-0.3, -0.25) is 9.69 Å². The fourth-order valence-corrected chi connectivity index (χ4v) is 3.46. The molecular weight excluding hydrogens is 390 g/mol. The minimum absolute atomic E-state index is 0.0240. The van der Waals surface area contributed by atoms with Crippen molar-refractivity contribution in [1.82, 2.24) is 9.80 Å². The number of Topliss-reactive ketones (excluding diaryl/α,β-unsaturated/α-hetero) is 1. The summed E-state index contributed by atoms with van der Waals surface area (Å²) >= 11 is 0. The van der Waals surface area contributed by atoms with E-state index in [1.165, 1.54) is 24.3 Å². The highest BCUT2D eigenvalue weighted by Crippen LogP contribution is 2.22. The zero-order valence-electron chi connectivity index (χ0n) is 17.2. The van der Waals surface area contributed by atoms with Crippen LogP contribution in [0.2, 0.25) is 0 Å². The van der Waals surface area contributed by atoms with Gasteiger partial charge in [0.25, 0.3) is 0 Å². The first kappa shape index (κ1) is 22.3. The number of piperazine rings is 1. The van der Waals surface area contributed by atoms with Crippen LogP contribution in [0.25, 0.3) is 0 Å². The first-order valence-electron chi connectivity index (χ1n) is 10.2. The lowest BCUT2D eigenvalue weighted by Gasteiger charge is -2.33. The molecule has 0 aliphatic carbocycles. The molecule has 1 atom stereocenters. The van der Waals surface area contributed by atoms with Crippen molar-refractivity contribution in [2.75, 3.05) is 46.4 Å². The van der Waals surface area contributed by atoms with E-state index in [1.807, 2.05) is 0 Å². The van der Waals surface area contributed by atoms with Crippen LogP contribution >= 0.6 is 0 Å². The SMILES string of the molecule is CN1CCN(CC(O)COc2ccc(F)cc2C(=O)CCc2ccc(F)cc2)CC1. The lowest BCUT2D eigenvalue weighted by molar-refractivity contribution is 0.0500. The molecule has 7 heteroatoms. The summed E-state index contributed by atoms with van der Waals surface area (Å²) in [5.74, 6) is -0.855. The molecule has 0 saturated carbocycles. The number of halogens is 2. The van der Waals surface area contributed by atoms with Gasteiger partial charge in [-0.1, -0.05) is 12.1 Å². The Morgan fingerprint density at radius 1 is 1.07 bits per heavy atom. The Bertz CT molecular complexity index is 837. The molecule has 0 aromatic heterocycles. The van der Waals surface area contributed by atoms with Gasteiger partial charge in [-0.05, 0) is 49.4 Å². The van der Waals surface area contributed by atoms with Gasteiger partial charge in [0.1, 0.15) is 30.1 Å². The van der Waals surface area contributed by atoms with Crippen LogP contribution in [-0.4, -0.2) is 73.2 Å². The highest BCUT2D eigenvalue weighted by Gasteiger charge is 2.19. The molecule has 0 amide bonds. The first-order valence-corrected chi connectivity index (χ1v) is 10.2. The third-order valence-electron chi connectivity index (χ3n) is 5.29. The van der Waals surface area contributed by atoms with Crippen LogP contribution in [0.1, 0.15) is 22.3 Å². The number of ketones is 1. The zero-order valence-corrected chi connectivity index (χ0v) is 17.2. The van der Waals surface area contributed by atoms with E-state index in [1.54, 1.807) is 12.1 Å². The molecule has 0 spiro atoms. The van der Waals surface area contributed by atoms with Gasteiger partial charge in [-0.25, -0.2) is 8.78 Å².